The first-order valence-electron chi connectivity index (χ1n) is 6.66. The van der Waals surface area contributed by atoms with E-state index in [4.69, 9.17) is 4.74 Å². The number of hydrogen-bond acceptors (Lipinski definition) is 4. The number of carbonyl (C=O) groups is 2. The first kappa shape index (κ1) is 14.3. The van der Waals surface area contributed by atoms with E-state index in [1.807, 2.05) is 18.2 Å². The molecule has 0 spiro atoms. The predicted molar refractivity (Wildman–Crippen MR) is 74.3 cm³/mol. The second-order valence-electron chi connectivity index (χ2n) is 4.71. The molecule has 0 radical (unpaired) electrons. The Balaban J connectivity index is 1.56. The number of hydrogen-bond donors (Lipinski definition) is 3. The van der Waals surface area contributed by atoms with E-state index in [1.165, 1.54) is 0 Å². The van der Waals surface area contributed by atoms with Crippen molar-refractivity contribution in [2.24, 2.45) is 5.92 Å². The highest BCUT2D eigenvalue weighted by molar-refractivity contribution is 5.85. The fraction of sp³-hybridized carbons (Fsp3) is 0.429. The average molecular weight is 277 g/mol. The second kappa shape index (κ2) is 7.49. The van der Waals surface area contributed by atoms with E-state index in [1.54, 1.807) is 12.1 Å². The highest BCUT2D eigenvalue weighted by Crippen LogP contribution is 2.07. The molecule has 6 nitrogen and oxygen atoms in total. The summed E-state index contributed by atoms with van der Waals surface area (Å²) in [7, 11) is 0. The number of ether oxygens (including phenoxy) is 1. The minimum absolute atomic E-state index is 0.0167. The van der Waals surface area contributed by atoms with Gasteiger partial charge in [0.1, 0.15) is 5.75 Å². The van der Waals surface area contributed by atoms with Gasteiger partial charge in [-0.25, -0.2) is 0 Å². The molecule has 0 saturated carbocycles. The Morgan fingerprint density at radius 2 is 1.90 bits per heavy atom. The van der Waals surface area contributed by atoms with Gasteiger partial charge in [-0.3, -0.25) is 9.59 Å². The second-order valence-corrected chi connectivity index (χ2v) is 4.71. The van der Waals surface area contributed by atoms with Gasteiger partial charge in [0.05, 0.1) is 6.54 Å². The predicted octanol–water partition coefficient (Wildman–Crippen LogP) is -0.483. The van der Waals surface area contributed by atoms with Gasteiger partial charge in [0.15, 0.2) is 6.61 Å². The molecule has 1 aliphatic heterocycles. The zero-order valence-corrected chi connectivity index (χ0v) is 11.2. The largest absolute Gasteiger partial charge is 0.484 e. The number of nitrogens with one attached hydrogen (secondary N) is 3. The van der Waals surface area contributed by atoms with Crippen LogP contribution in [-0.2, 0) is 9.59 Å². The summed E-state index contributed by atoms with van der Waals surface area (Å²) in [5.41, 5.74) is 0. The average Bonchev–Trinajstić information content (AvgIpc) is 2.42. The molecule has 1 aromatic rings. The van der Waals surface area contributed by atoms with Crippen LogP contribution in [0.3, 0.4) is 0 Å². The third kappa shape index (κ3) is 4.89. The minimum Gasteiger partial charge on any atom is -0.484 e. The number of benzene rings is 1. The number of rotatable bonds is 7. The molecule has 0 bridgehead atoms. The van der Waals surface area contributed by atoms with Crippen LogP contribution in [-0.4, -0.2) is 44.6 Å². The van der Waals surface area contributed by atoms with Crippen LogP contribution in [0.15, 0.2) is 30.3 Å². The first-order valence-corrected chi connectivity index (χ1v) is 6.66. The first-order chi connectivity index (χ1) is 9.74. The van der Waals surface area contributed by atoms with E-state index >= 15 is 0 Å². The minimum atomic E-state index is -0.311. The van der Waals surface area contributed by atoms with Gasteiger partial charge in [-0.2, -0.15) is 0 Å². The van der Waals surface area contributed by atoms with E-state index in [0.717, 1.165) is 13.1 Å². The fourth-order valence-corrected chi connectivity index (χ4v) is 1.71. The Kier molecular flexibility index (Phi) is 5.37. The van der Waals surface area contributed by atoms with Crippen molar-refractivity contribution in [2.45, 2.75) is 0 Å². The quantitative estimate of drug-likeness (QED) is 0.629. The van der Waals surface area contributed by atoms with Crippen LogP contribution in [0.5, 0.6) is 5.75 Å². The summed E-state index contributed by atoms with van der Waals surface area (Å²) in [5.74, 6) is 0.653. The summed E-state index contributed by atoms with van der Waals surface area (Å²) in [5, 5.41) is 8.43. The number of para-hydroxylation sites is 1. The molecule has 108 valence electrons. The molecule has 1 aromatic carbocycles. The SMILES string of the molecule is O=C(CNC(=O)COc1ccccc1)NCC1CNC1. The smallest absolute Gasteiger partial charge is 0.258 e. The number of carbonyl (C=O) groups excluding carboxylic acids is 2. The molecule has 2 amide bonds. The van der Waals surface area contributed by atoms with Gasteiger partial charge in [-0.05, 0) is 12.1 Å². The molecule has 1 fully saturated rings. The van der Waals surface area contributed by atoms with Crippen molar-refractivity contribution in [1.82, 2.24) is 16.0 Å². The molecule has 0 aliphatic carbocycles. The Morgan fingerprint density at radius 1 is 1.15 bits per heavy atom. The van der Waals surface area contributed by atoms with E-state index in [0.29, 0.717) is 18.2 Å². The van der Waals surface area contributed by atoms with Crippen LogP contribution in [0.25, 0.3) is 0 Å². The van der Waals surface area contributed by atoms with Crippen molar-refractivity contribution in [1.29, 1.82) is 0 Å². The normalized spacial score (nSPS) is 14.2. The molecule has 0 unspecified atom stereocenters. The summed E-state index contributed by atoms with van der Waals surface area (Å²) >= 11 is 0. The summed E-state index contributed by atoms with van der Waals surface area (Å²) in [6.45, 7) is 2.43. The van der Waals surface area contributed by atoms with Crippen LogP contribution in [0.2, 0.25) is 0 Å². The van der Waals surface area contributed by atoms with Crippen molar-refractivity contribution in [2.75, 3.05) is 32.8 Å². The van der Waals surface area contributed by atoms with E-state index in [2.05, 4.69) is 16.0 Å². The van der Waals surface area contributed by atoms with Crippen molar-refractivity contribution in [3.63, 3.8) is 0 Å². The third-order valence-electron chi connectivity index (χ3n) is 3.01. The number of amides is 2. The topological polar surface area (TPSA) is 79.5 Å². The lowest BCUT2D eigenvalue weighted by atomic mass is 10.0. The van der Waals surface area contributed by atoms with E-state index < -0.39 is 0 Å². The summed E-state index contributed by atoms with van der Waals surface area (Å²) in [6.07, 6.45) is 0. The lowest BCUT2D eigenvalue weighted by Crippen LogP contribution is -2.49. The monoisotopic (exact) mass is 277 g/mol. The van der Waals surface area contributed by atoms with Crippen LogP contribution >= 0.6 is 0 Å². The molecule has 1 heterocycles. The lowest BCUT2D eigenvalue weighted by molar-refractivity contribution is -0.127. The maximum absolute atomic E-state index is 11.5. The van der Waals surface area contributed by atoms with Gasteiger partial charge in [0, 0.05) is 25.6 Å². The molecule has 0 aromatic heterocycles. The van der Waals surface area contributed by atoms with Crippen molar-refractivity contribution >= 4 is 11.8 Å². The van der Waals surface area contributed by atoms with Crippen molar-refractivity contribution in [3.8, 4) is 5.75 Å². The van der Waals surface area contributed by atoms with Gasteiger partial charge in [-0.1, -0.05) is 18.2 Å². The molecule has 1 saturated heterocycles. The fourth-order valence-electron chi connectivity index (χ4n) is 1.71. The highest BCUT2D eigenvalue weighted by Gasteiger charge is 2.17. The van der Waals surface area contributed by atoms with E-state index in [9.17, 15) is 9.59 Å². The maximum atomic E-state index is 11.5. The van der Waals surface area contributed by atoms with Gasteiger partial charge in [0.25, 0.3) is 5.91 Å². The highest BCUT2D eigenvalue weighted by atomic mass is 16.5. The lowest BCUT2D eigenvalue weighted by Gasteiger charge is -2.27. The zero-order chi connectivity index (χ0) is 14.2. The third-order valence-corrected chi connectivity index (χ3v) is 3.01. The summed E-state index contributed by atoms with van der Waals surface area (Å²) in [6, 6.07) is 9.07. The van der Waals surface area contributed by atoms with Gasteiger partial charge in [0.2, 0.25) is 5.91 Å². The van der Waals surface area contributed by atoms with Gasteiger partial charge >= 0.3 is 0 Å². The van der Waals surface area contributed by atoms with E-state index in [-0.39, 0.29) is 25.0 Å². The Morgan fingerprint density at radius 3 is 2.55 bits per heavy atom. The van der Waals surface area contributed by atoms with Crippen molar-refractivity contribution < 1.29 is 14.3 Å². The summed E-state index contributed by atoms with van der Waals surface area (Å²) < 4.78 is 5.27. The molecule has 20 heavy (non-hydrogen) atoms. The van der Waals surface area contributed by atoms with Gasteiger partial charge < -0.3 is 20.7 Å². The standard InChI is InChI=1S/C14H19N3O3/c18-13(16-8-11-6-15-7-11)9-17-14(19)10-20-12-4-2-1-3-5-12/h1-5,11,15H,6-10H2,(H,16,18)(H,17,19). The Labute approximate surface area is 117 Å². The van der Waals surface area contributed by atoms with Gasteiger partial charge in [-0.15, -0.1) is 0 Å². The molecule has 3 N–H and O–H groups in total. The maximum Gasteiger partial charge on any atom is 0.258 e. The van der Waals surface area contributed by atoms with Crippen LogP contribution in [0.1, 0.15) is 0 Å². The molecule has 0 atom stereocenters. The molecule has 1 aliphatic rings. The Hall–Kier alpha value is -2.08. The molecule has 2 rings (SSSR count). The molecule has 6 heteroatoms. The van der Waals surface area contributed by atoms with Crippen LogP contribution < -0.4 is 20.7 Å². The van der Waals surface area contributed by atoms with Crippen LogP contribution in [0.4, 0.5) is 0 Å². The summed E-state index contributed by atoms with van der Waals surface area (Å²) in [4.78, 5) is 23.0. The van der Waals surface area contributed by atoms with Crippen molar-refractivity contribution in [3.05, 3.63) is 30.3 Å². The molecular formula is C14H19N3O3. The zero-order valence-electron chi connectivity index (χ0n) is 11.2. The Bertz CT molecular complexity index is 446. The van der Waals surface area contributed by atoms with Crippen LogP contribution in [0, 0.1) is 5.92 Å². The molecular weight excluding hydrogens is 258 g/mol.